The van der Waals surface area contributed by atoms with Crippen LogP contribution < -0.4 is 5.32 Å². The summed E-state index contributed by atoms with van der Waals surface area (Å²) in [7, 11) is -0.00808. The first-order chi connectivity index (χ1) is 8.87. The fourth-order valence-corrected chi connectivity index (χ4v) is 4.00. The smallest absolute Gasteiger partial charge is 0.246 e. The van der Waals surface area contributed by atoms with Crippen molar-refractivity contribution in [3.8, 4) is 0 Å². The van der Waals surface area contributed by atoms with Gasteiger partial charge in [-0.1, -0.05) is 0 Å². The van der Waals surface area contributed by atoms with Crippen LogP contribution in [0.3, 0.4) is 0 Å². The van der Waals surface area contributed by atoms with Gasteiger partial charge < -0.3 is 9.73 Å². The highest BCUT2D eigenvalue weighted by Crippen LogP contribution is 2.33. The SMILES string of the molecule is CNCc1c(C)oc(C)c1S(=O)(=O)N(C)CC1CC1. The Bertz CT molecular complexity index is 559. The van der Waals surface area contributed by atoms with E-state index >= 15 is 0 Å². The number of aryl methyl sites for hydroxylation is 2. The number of hydrogen-bond acceptors (Lipinski definition) is 4. The Kier molecular flexibility index (Phi) is 4.03. The minimum atomic E-state index is -3.46. The average Bonchev–Trinajstić information content (AvgIpc) is 3.06. The molecule has 1 aliphatic carbocycles. The van der Waals surface area contributed by atoms with E-state index in [4.69, 9.17) is 4.42 Å². The monoisotopic (exact) mass is 286 g/mol. The summed E-state index contributed by atoms with van der Waals surface area (Å²) in [6, 6.07) is 0. The Hall–Kier alpha value is -0.850. The van der Waals surface area contributed by atoms with E-state index in [2.05, 4.69) is 5.32 Å². The zero-order valence-electron chi connectivity index (χ0n) is 12.0. The van der Waals surface area contributed by atoms with Gasteiger partial charge in [-0.3, -0.25) is 0 Å². The molecular weight excluding hydrogens is 264 g/mol. The lowest BCUT2D eigenvalue weighted by atomic mass is 10.2. The van der Waals surface area contributed by atoms with E-state index in [0.717, 1.165) is 18.4 Å². The Balaban J connectivity index is 2.38. The topological polar surface area (TPSA) is 62.6 Å². The maximum absolute atomic E-state index is 12.7. The highest BCUT2D eigenvalue weighted by atomic mass is 32.2. The van der Waals surface area contributed by atoms with Crippen LogP contribution in [0.1, 0.15) is 29.9 Å². The summed E-state index contributed by atoms with van der Waals surface area (Å²) in [5, 5.41) is 3.00. The van der Waals surface area contributed by atoms with Gasteiger partial charge in [0.05, 0.1) is 0 Å². The summed E-state index contributed by atoms with van der Waals surface area (Å²) in [6.45, 7) is 4.61. The fourth-order valence-electron chi connectivity index (χ4n) is 2.35. The highest BCUT2D eigenvalue weighted by Gasteiger charge is 2.33. The third-order valence-corrected chi connectivity index (χ3v) is 5.58. The van der Waals surface area contributed by atoms with Crippen LogP contribution in [0.4, 0.5) is 0 Å². The van der Waals surface area contributed by atoms with E-state index in [1.807, 2.05) is 0 Å². The summed E-state index contributed by atoms with van der Waals surface area (Å²) in [4.78, 5) is 0.336. The van der Waals surface area contributed by atoms with Crippen LogP contribution in [0.15, 0.2) is 9.31 Å². The molecular formula is C13H22N2O3S. The molecule has 1 aliphatic rings. The highest BCUT2D eigenvalue weighted by molar-refractivity contribution is 7.89. The average molecular weight is 286 g/mol. The minimum Gasteiger partial charge on any atom is -0.465 e. The Morgan fingerprint density at radius 1 is 1.32 bits per heavy atom. The standard InChI is InChI=1S/C13H22N2O3S/c1-9-12(7-14-3)13(10(2)18-9)19(16,17)15(4)8-11-5-6-11/h11,14H,5-8H2,1-4H3. The summed E-state index contributed by atoms with van der Waals surface area (Å²) >= 11 is 0. The van der Waals surface area contributed by atoms with Gasteiger partial charge in [-0.05, 0) is 39.7 Å². The Morgan fingerprint density at radius 2 is 1.95 bits per heavy atom. The van der Waals surface area contributed by atoms with Gasteiger partial charge in [-0.2, -0.15) is 0 Å². The normalized spacial score (nSPS) is 16.3. The quantitative estimate of drug-likeness (QED) is 0.863. The third-order valence-electron chi connectivity index (χ3n) is 3.56. The lowest BCUT2D eigenvalue weighted by molar-refractivity contribution is 0.448. The molecule has 2 rings (SSSR count). The van der Waals surface area contributed by atoms with E-state index in [0.29, 0.717) is 35.4 Å². The van der Waals surface area contributed by atoms with Crippen LogP contribution in [0, 0.1) is 19.8 Å². The van der Waals surface area contributed by atoms with Crippen molar-refractivity contribution in [1.29, 1.82) is 0 Å². The van der Waals surface area contributed by atoms with Crippen molar-refractivity contribution < 1.29 is 12.8 Å². The maximum atomic E-state index is 12.7. The number of rotatable bonds is 6. The van der Waals surface area contributed by atoms with Gasteiger partial charge in [-0.25, -0.2) is 12.7 Å². The molecule has 0 amide bonds. The predicted molar refractivity (Wildman–Crippen MR) is 73.5 cm³/mol. The van der Waals surface area contributed by atoms with Crippen LogP contribution in [-0.4, -0.2) is 33.4 Å². The predicted octanol–water partition coefficient (Wildman–Crippen LogP) is 1.65. The van der Waals surface area contributed by atoms with Crippen molar-refractivity contribution in [2.45, 2.75) is 38.1 Å². The van der Waals surface area contributed by atoms with E-state index < -0.39 is 10.0 Å². The van der Waals surface area contributed by atoms with E-state index in [9.17, 15) is 8.42 Å². The molecule has 1 heterocycles. The molecule has 108 valence electrons. The number of sulfonamides is 1. The van der Waals surface area contributed by atoms with E-state index in [1.165, 1.54) is 4.31 Å². The first-order valence-electron chi connectivity index (χ1n) is 6.57. The van der Waals surface area contributed by atoms with Gasteiger partial charge in [0.1, 0.15) is 16.4 Å². The van der Waals surface area contributed by atoms with Gasteiger partial charge >= 0.3 is 0 Å². The zero-order valence-corrected chi connectivity index (χ0v) is 12.8. The van der Waals surface area contributed by atoms with Gasteiger partial charge in [0, 0.05) is 25.7 Å². The number of nitrogens with zero attached hydrogens (tertiary/aromatic N) is 1. The second-order valence-corrected chi connectivity index (χ2v) is 7.26. The molecule has 0 aliphatic heterocycles. The molecule has 19 heavy (non-hydrogen) atoms. The summed E-state index contributed by atoms with van der Waals surface area (Å²) in [5.74, 6) is 1.68. The molecule has 0 atom stereocenters. The fraction of sp³-hybridized carbons (Fsp3) is 0.692. The van der Waals surface area contributed by atoms with Crippen LogP contribution >= 0.6 is 0 Å². The largest absolute Gasteiger partial charge is 0.465 e. The lowest BCUT2D eigenvalue weighted by Crippen LogP contribution is -2.30. The maximum Gasteiger partial charge on any atom is 0.246 e. The molecule has 1 saturated carbocycles. The summed E-state index contributed by atoms with van der Waals surface area (Å²) in [6.07, 6.45) is 2.26. The lowest BCUT2D eigenvalue weighted by Gasteiger charge is -2.17. The van der Waals surface area contributed by atoms with Crippen LogP contribution in [0.2, 0.25) is 0 Å². The molecule has 1 aromatic rings. The summed E-state index contributed by atoms with van der Waals surface area (Å²) < 4.78 is 32.3. The zero-order chi connectivity index (χ0) is 14.2. The second-order valence-electron chi connectivity index (χ2n) is 5.28. The van der Waals surface area contributed by atoms with Crippen molar-refractivity contribution in [3.63, 3.8) is 0 Å². The molecule has 6 heteroatoms. The molecule has 1 aromatic heterocycles. The Labute approximate surface area is 115 Å². The van der Waals surface area contributed by atoms with E-state index in [-0.39, 0.29) is 0 Å². The first kappa shape index (κ1) is 14.6. The van der Waals surface area contributed by atoms with Crippen molar-refractivity contribution in [1.82, 2.24) is 9.62 Å². The molecule has 5 nitrogen and oxygen atoms in total. The number of furan rings is 1. The van der Waals surface area contributed by atoms with Gasteiger partial charge in [0.25, 0.3) is 0 Å². The van der Waals surface area contributed by atoms with Crippen molar-refractivity contribution in [2.24, 2.45) is 5.92 Å². The molecule has 1 N–H and O–H groups in total. The second kappa shape index (κ2) is 5.26. The van der Waals surface area contributed by atoms with Crippen molar-refractivity contribution in [3.05, 3.63) is 17.1 Å². The number of nitrogens with one attached hydrogen (secondary N) is 1. The molecule has 0 spiro atoms. The molecule has 0 unspecified atom stereocenters. The minimum absolute atomic E-state index is 0.336. The summed E-state index contributed by atoms with van der Waals surface area (Å²) in [5.41, 5.74) is 0.739. The molecule has 0 radical (unpaired) electrons. The van der Waals surface area contributed by atoms with Gasteiger partial charge in [0.2, 0.25) is 10.0 Å². The van der Waals surface area contributed by atoms with Crippen molar-refractivity contribution in [2.75, 3.05) is 20.6 Å². The van der Waals surface area contributed by atoms with Crippen LogP contribution in [0.5, 0.6) is 0 Å². The molecule has 0 saturated heterocycles. The van der Waals surface area contributed by atoms with Crippen LogP contribution in [-0.2, 0) is 16.6 Å². The number of hydrogen-bond donors (Lipinski definition) is 1. The Morgan fingerprint density at radius 3 is 2.47 bits per heavy atom. The molecule has 0 bridgehead atoms. The third kappa shape index (κ3) is 2.85. The van der Waals surface area contributed by atoms with Crippen LogP contribution in [0.25, 0.3) is 0 Å². The van der Waals surface area contributed by atoms with Gasteiger partial charge in [0.15, 0.2) is 0 Å². The van der Waals surface area contributed by atoms with Crippen molar-refractivity contribution >= 4 is 10.0 Å². The van der Waals surface area contributed by atoms with Gasteiger partial charge in [-0.15, -0.1) is 0 Å². The first-order valence-corrected chi connectivity index (χ1v) is 8.01. The van der Waals surface area contributed by atoms with E-state index in [1.54, 1.807) is 27.9 Å². The molecule has 0 aromatic carbocycles. The molecule has 1 fully saturated rings.